The predicted octanol–water partition coefficient (Wildman–Crippen LogP) is 2.93. The molecule has 2 aromatic rings. The summed E-state index contributed by atoms with van der Waals surface area (Å²) in [4.78, 5) is 12.1. The molecule has 0 atom stereocenters. The van der Waals surface area contributed by atoms with Crippen molar-refractivity contribution in [2.45, 2.75) is 12.7 Å². The van der Waals surface area contributed by atoms with Gasteiger partial charge in [0.05, 0.1) is 5.75 Å². The van der Waals surface area contributed by atoms with Crippen molar-refractivity contribution in [2.75, 3.05) is 11.6 Å². The minimum Gasteiger partial charge on any atom is -0.322 e. The SMILES string of the molecule is Cc1ccc(F)cc1NC(=O)c1ccc(CS(C)(=O)=O)cc1. The molecule has 2 rings (SSSR count). The fourth-order valence-corrected chi connectivity index (χ4v) is 2.78. The molecule has 0 aliphatic heterocycles. The number of halogens is 1. The molecule has 0 radical (unpaired) electrons. The highest BCUT2D eigenvalue weighted by Gasteiger charge is 2.10. The van der Waals surface area contributed by atoms with Crippen LogP contribution in [0.4, 0.5) is 10.1 Å². The summed E-state index contributed by atoms with van der Waals surface area (Å²) >= 11 is 0. The van der Waals surface area contributed by atoms with Crippen molar-refractivity contribution in [2.24, 2.45) is 0 Å². The molecule has 4 nitrogen and oxygen atoms in total. The lowest BCUT2D eigenvalue weighted by molar-refractivity contribution is 0.102. The standard InChI is InChI=1S/C16H16FNO3S/c1-11-3-8-14(17)9-15(11)18-16(19)13-6-4-12(5-7-13)10-22(2,20)21/h3-9H,10H2,1-2H3,(H,18,19). The van der Waals surface area contributed by atoms with E-state index in [1.54, 1.807) is 37.3 Å². The molecule has 0 aliphatic carbocycles. The Morgan fingerprint density at radius 2 is 1.77 bits per heavy atom. The summed E-state index contributed by atoms with van der Waals surface area (Å²) in [6.45, 7) is 1.77. The van der Waals surface area contributed by atoms with Crippen molar-refractivity contribution < 1.29 is 17.6 Å². The van der Waals surface area contributed by atoms with Crippen LogP contribution in [0.1, 0.15) is 21.5 Å². The number of benzene rings is 2. The fourth-order valence-electron chi connectivity index (χ4n) is 1.98. The molecule has 6 heteroatoms. The van der Waals surface area contributed by atoms with Crippen LogP contribution in [-0.2, 0) is 15.6 Å². The van der Waals surface area contributed by atoms with Crippen molar-refractivity contribution >= 4 is 21.4 Å². The second-order valence-electron chi connectivity index (χ2n) is 5.18. The Hall–Kier alpha value is -2.21. The molecule has 0 aromatic heterocycles. The predicted molar refractivity (Wildman–Crippen MR) is 84.1 cm³/mol. The molecule has 0 saturated carbocycles. The third-order valence-electron chi connectivity index (χ3n) is 3.09. The Bertz CT molecular complexity index is 799. The second-order valence-corrected chi connectivity index (χ2v) is 7.32. The third-order valence-corrected chi connectivity index (χ3v) is 3.95. The van der Waals surface area contributed by atoms with Crippen LogP contribution in [0.25, 0.3) is 0 Å². The zero-order chi connectivity index (χ0) is 16.3. The highest BCUT2D eigenvalue weighted by Crippen LogP contribution is 2.17. The van der Waals surface area contributed by atoms with Crippen LogP contribution in [-0.4, -0.2) is 20.6 Å². The van der Waals surface area contributed by atoms with E-state index in [0.717, 1.165) is 11.8 Å². The number of rotatable bonds is 4. The van der Waals surface area contributed by atoms with Crippen LogP contribution >= 0.6 is 0 Å². The molecule has 0 saturated heterocycles. The molecule has 0 spiro atoms. The maximum Gasteiger partial charge on any atom is 0.255 e. The number of anilines is 1. The van der Waals surface area contributed by atoms with Crippen molar-refractivity contribution in [1.29, 1.82) is 0 Å². The number of hydrogen-bond donors (Lipinski definition) is 1. The van der Waals surface area contributed by atoms with E-state index in [1.165, 1.54) is 12.1 Å². The molecule has 0 heterocycles. The molecular weight excluding hydrogens is 305 g/mol. The van der Waals surface area contributed by atoms with Crippen LogP contribution in [0, 0.1) is 12.7 Å². The van der Waals surface area contributed by atoms with Gasteiger partial charge >= 0.3 is 0 Å². The Kier molecular flexibility index (Phi) is 4.61. The normalized spacial score (nSPS) is 11.2. The largest absolute Gasteiger partial charge is 0.322 e. The number of hydrogen-bond acceptors (Lipinski definition) is 3. The Labute approximate surface area is 128 Å². The number of aryl methyl sites for hydroxylation is 1. The van der Waals surface area contributed by atoms with E-state index in [2.05, 4.69) is 5.32 Å². The van der Waals surface area contributed by atoms with Gasteiger partial charge in [0, 0.05) is 17.5 Å². The number of amides is 1. The molecule has 1 N–H and O–H groups in total. The first-order chi connectivity index (χ1) is 10.2. The van der Waals surface area contributed by atoms with E-state index in [0.29, 0.717) is 16.8 Å². The van der Waals surface area contributed by atoms with Crippen LogP contribution in [0.2, 0.25) is 0 Å². The minimum atomic E-state index is -3.11. The summed E-state index contributed by atoms with van der Waals surface area (Å²) in [6, 6.07) is 10.4. The van der Waals surface area contributed by atoms with E-state index >= 15 is 0 Å². The van der Waals surface area contributed by atoms with Gasteiger partial charge < -0.3 is 5.32 Å². The van der Waals surface area contributed by atoms with Crippen LogP contribution in [0.3, 0.4) is 0 Å². The zero-order valence-corrected chi connectivity index (χ0v) is 13.1. The van der Waals surface area contributed by atoms with E-state index in [4.69, 9.17) is 0 Å². The molecular formula is C16H16FNO3S. The fraction of sp³-hybridized carbons (Fsp3) is 0.188. The van der Waals surface area contributed by atoms with Gasteiger partial charge in [-0.1, -0.05) is 18.2 Å². The lowest BCUT2D eigenvalue weighted by Crippen LogP contribution is -2.13. The first kappa shape index (κ1) is 16.2. The van der Waals surface area contributed by atoms with E-state index in [-0.39, 0.29) is 11.7 Å². The van der Waals surface area contributed by atoms with Crippen LogP contribution in [0.5, 0.6) is 0 Å². The summed E-state index contributed by atoms with van der Waals surface area (Å²) in [5, 5.41) is 2.64. The zero-order valence-electron chi connectivity index (χ0n) is 12.3. The molecule has 0 aliphatic rings. The van der Waals surface area contributed by atoms with Gasteiger partial charge in [-0.05, 0) is 42.3 Å². The van der Waals surface area contributed by atoms with Gasteiger partial charge in [0.2, 0.25) is 0 Å². The molecule has 0 fully saturated rings. The highest BCUT2D eigenvalue weighted by molar-refractivity contribution is 7.89. The number of nitrogens with one attached hydrogen (secondary N) is 1. The van der Waals surface area contributed by atoms with Gasteiger partial charge in [-0.3, -0.25) is 4.79 Å². The van der Waals surface area contributed by atoms with Crippen molar-refractivity contribution in [3.05, 3.63) is 65.0 Å². The minimum absolute atomic E-state index is 0.0715. The van der Waals surface area contributed by atoms with Crippen LogP contribution < -0.4 is 5.32 Å². The van der Waals surface area contributed by atoms with Crippen LogP contribution in [0.15, 0.2) is 42.5 Å². The topological polar surface area (TPSA) is 63.2 Å². The third kappa shape index (κ3) is 4.39. The monoisotopic (exact) mass is 321 g/mol. The summed E-state index contributed by atoms with van der Waals surface area (Å²) in [5.41, 5.74) is 2.15. The number of carbonyl (C=O) groups is 1. The molecule has 2 aromatic carbocycles. The van der Waals surface area contributed by atoms with Gasteiger partial charge in [0.15, 0.2) is 9.84 Å². The Balaban J connectivity index is 2.15. The summed E-state index contributed by atoms with van der Waals surface area (Å²) in [7, 11) is -3.11. The average molecular weight is 321 g/mol. The lowest BCUT2D eigenvalue weighted by Gasteiger charge is -2.09. The summed E-state index contributed by atoms with van der Waals surface area (Å²) < 4.78 is 35.6. The van der Waals surface area contributed by atoms with E-state index in [1.807, 2.05) is 0 Å². The van der Waals surface area contributed by atoms with Crippen molar-refractivity contribution in [3.8, 4) is 0 Å². The maximum absolute atomic E-state index is 13.2. The lowest BCUT2D eigenvalue weighted by atomic mass is 10.1. The molecule has 0 bridgehead atoms. The van der Waals surface area contributed by atoms with Crippen molar-refractivity contribution in [3.63, 3.8) is 0 Å². The quantitative estimate of drug-likeness (QED) is 0.942. The van der Waals surface area contributed by atoms with E-state index in [9.17, 15) is 17.6 Å². The number of carbonyl (C=O) groups excluding carboxylic acids is 1. The van der Waals surface area contributed by atoms with Gasteiger partial charge in [-0.2, -0.15) is 0 Å². The first-order valence-corrected chi connectivity index (χ1v) is 8.65. The second kappa shape index (κ2) is 6.27. The molecule has 0 unspecified atom stereocenters. The molecule has 1 amide bonds. The van der Waals surface area contributed by atoms with Gasteiger partial charge in [0.25, 0.3) is 5.91 Å². The Morgan fingerprint density at radius 1 is 1.14 bits per heavy atom. The van der Waals surface area contributed by atoms with E-state index < -0.39 is 15.7 Å². The number of sulfone groups is 1. The first-order valence-electron chi connectivity index (χ1n) is 6.59. The molecule has 116 valence electrons. The highest BCUT2D eigenvalue weighted by atomic mass is 32.2. The maximum atomic E-state index is 13.2. The van der Waals surface area contributed by atoms with Gasteiger partial charge in [-0.15, -0.1) is 0 Å². The average Bonchev–Trinajstić information content (AvgIpc) is 2.42. The summed E-state index contributed by atoms with van der Waals surface area (Å²) in [5.74, 6) is -0.873. The smallest absolute Gasteiger partial charge is 0.255 e. The van der Waals surface area contributed by atoms with Crippen molar-refractivity contribution in [1.82, 2.24) is 0 Å². The summed E-state index contributed by atoms with van der Waals surface area (Å²) in [6.07, 6.45) is 1.15. The van der Waals surface area contributed by atoms with Gasteiger partial charge in [-0.25, -0.2) is 12.8 Å². The van der Waals surface area contributed by atoms with Gasteiger partial charge in [0.1, 0.15) is 5.82 Å². The molecule has 22 heavy (non-hydrogen) atoms. The Morgan fingerprint density at radius 3 is 2.36 bits per heavy atom.